The molecule has 0 atom stereocenters. The predicted octanol–water partition coefficient (Wildman–Crippen LogP) is 3.06. The number of nitrogens with zero attached hydrogens (tertiary/aromatic N) is 4. The maximum Gasteiger partial charge on any atom is 0.275 e. The standard InChI is InChI=1S/C21H21N5O2S/c1-15-2-4-16(5-3-15)25-9-11-26(12-10-25)21(28)19-17(6-13-29-19)24-20(27)18-14-22-7-8-23-18/h2-8,13-14H,9-12H2,1H3,(H,24,27). The fourth-order valence-electron chi connectivity index (χ4n) is 3.24. The number of hydrogen-bond donors (Lipinski definition) is 1. The van der Waals surface area contributed by atoms with E-state index < -0.39 is 0 Å². The van der Waals surface area contributed by atoms with Crippen molar-refractivity contribution in [1.82, 2.24) is 14.9 Å². The van der Waals surface area contributed by atoms with Crippen molar-refractivity contribution in [3.8, 4) is 0 Å². The average molecular weight is 407 g/mol. The molecular weight excluding hydrogens is 386 g/mol. The van der Waals surface area contributed by atoms with Crippen molar-refractivity contribution >= 4 is 34.5 Å². The Morgan fingerprint density at radius 3 is 2.48 bits per heavy atom. The van der Waals surface area contributed by atoms with Gasteiger partial charge in [-0.3, -0.25) is 14.6 Å². The van der Waals surface area contributed by atoms with Gasteiger partial charge in [0.2, 0.25) is 0 Å². The van der Waals surface area contributed by atoms with E-state index in [1.165, 1.54) is 41.2 Å². The first-order valence-electron chi connectivity index (χ1n) is 9.37. The minimum atomic E-state index is -0.380. The Balaban J connectivity index is 1.40. The Labute approximate surface area is 173 Å². The van der Waals surface area contributed by atoms with Gasteiger partial charge in [0.05, 0.1) is 11.9 Å². The number of aryl methyl sites for hydroxylation is 1. The van der Waals surface area contributed by atoms with Crippen molar-refractivity contribution < 1.29 is 9.59 Å². The summed E-state index contributed by atoms with van der Waals surface area (Å²) in [7, 11) is 0. The molecule has 0 bridgehead atoms. The van der Waals surface area contributed by atoms with E-state index in [1.54, 1.807) is 6.07 Å². The topological polar surface area (TPSA) is 78.4 Å². The minimum Gasteiger partial charge on any atom is -0.368 e. The highest BCUT2D eigenvalue weighted by atomic mass is 32.1. The van der Waals surface area contributed by atoms with Crippen molar-refractivity contribution in [1.29, 1.82) is 0 Å². The monoisotopic (exact) mass is 407 g/mol. The van der Waals surface area contributed by atoms with Crippen molar-refractivity contribution in [3.63, 3.8) is 0 Å². The molecule has 2 aromatic heterocycles. The van der Waals surface area contributed by atoms with Crippen LogP contribution in [0.5, 0.6) is 0 Å². The number of nitrogens with one attached hydrogen (secondary N) is 1. The summed E-state index contributed by atoms with van der Waals surface area (Å²) < 4.78 is 0. The summed E-state index contributed by atoms with van der Waals surface area (Å²) in [6.45, 7) is 4.91. The molecule has 7 nitrogen and oxygen atoms in total. The van der Waals surface area contributed by atoms with E-state index in [9.17, 15) is 9.59 Å². The van der Waals surface area contributed by atoms with E-state index in [1.807, 2.05) is 10.3 Å². The second-order valence-electron chi connectivity index (χ2n) is 6.82. The Hall–Kier alpha value is -3.26. The van der Waals surface area contributed by atoms with Gasteiger partial charge in [0.1, 0.15) is 10.6 Å². The van der Waals surface area contributed by atoms with Gasteiger partial charge in [0, 0.05) is 44.3 Å². The molecule has 8 heteroatoms. The van der Waals surface area contributed by atoms with Crippen molar-refractivity contribution in [2.45, 2.75) is 6.92 Å². The van der Waals surface area contributed by atoms with Gasteiger partial charge in [-0.15, -0.1) is 11.3 Å². The van der Waals surface area contributed by atoms with Gasteiger partial charge >= 0.3 is 0 Å². The largest absolute Gasteiger partial charge is 0.368 e. The Morgan fingerprint density at radius 1 is 1.03 bits per heavy atom. The molecule has 4 rings (SSSR count). The molecule has 3 heterocycles. The van der Waals surface area contributed by atoms with Crippen molar-refractivity contribution in [3.05, 3.63) is 70.4 Å². The highest BCUT2D eigenvalue weighted by Crippen LogP contribution is 2.26. The molecule has 2 amide bonds. The lowest BCUT2D eigenvalue weighted by Gasteiger charge is -2.36. The molecule has 1 fully saturated rings. The molecule has 148 valence electrons. The summed E-state index contributed by atoms with van der Waals surface area (Å²) in [5.41, 5.74) is 3.13. The van der Waals surface area contributed by atoms with Crippen LogP contribution in [-0.2, 0) is 0 Å². The molecule has 0 saturated carbocycles. The number of thiophene rings is 1. The number of benzene rings is 1. The SMILES string of the molecule is Cc1ccc(N2CCN(C(=O)c3sccc3NC(=O)c3cnccn3)CC2)cc1. The number of hydrogen-bond acceptors (Lipinski definition) is 6. The number of piperazine rings is 1. The van der Waals surface area contributed by atoms with Crippen LogP contribution in [0.25, 0.3) is 0 Å². The number of amides is 2. The summed E-state index contributed by atoms with van der Waals surface area (Å²) >= 11 is 1.33. The molecule has 0 unspecified atom stereocenters. The third-order valence-corrected chi connectivity index (χ3v) is 5.77. The van der Waals surface area contributed by atoms with Crippen LogP contribution in [0, 0.1) is 6.92 Å². The van der Waals surface area contributed by atoms with Crippen LogP contribution in [0.15, 0.2) is 54.3 Å². The van der Waals surface area contributed by atoms with Gasteiger partial charge < -0.3 is 15.1 Å². The van der Waals surface area contributed by atoms with Crippen molar-refractivity contribution in [2.24, 2.45) is 0 Å². The number of carbonyl (C=O) groups is 2. The highest BCUT2D eigenvalue weighted by molar-refractivity contribution is 7.12. The third-order valence-electron chi connectivity index (χ3n) is 4.87. The minimum absolute atomic E-state index is 0.0574. The molecule has 1 aromatic carbocycles. The molecule has 1 aliphatic heterocycles. The molecule has 0 aliphatic carbocycles. The molecular formula is C21H21N5O2S. The smallest absolute Gasteiger partial charge is 0.275 e. The van der Waals surface area contributed by atoms with Crippen LogP contribution in [0.2, 0.25) is 0 Å². The van der Waals surface area contributed by atoms with E-state index in [0.717, 1.165) is 13.1 Å². The van der Waals surface area contributed by atoms with Crippen LogP contribution in [0.3, 0.4) is 0 Å². The lowest BCUT2D eigenvalue weighted by molar-refractivity contribution is 0.0752. The van der Waals surface area contributed by atoms with Gasteiger partial charge in [-0.2, -0.15) is 0 Å². The first-order valence-corrected chi connectivity index (χ1v) is 10.3. The Kier molecular flexibility index (Phi) is 5.53. The summed E-state index contributed by atoms with van der Waals surface area (Å²) in [6, 6.07) is 10.2. The quantitative estimate of drug-likeness (QED) is 0.719. The molecule has 1 saturated heterocycles. The lowest BCUT2D eigenvalue weighted by atomic mass is 10.2. The summed E-state index contributed by atoms with van der Waals surface area (Å²) in [5, 5.41) is 4.59. The van der Waals surface area contributed by atoms with E-state index in [0.29, 0.717) is 23.7 Å². The molecule has 1 aliphatic rings. The van der Waals surface area contributed by atoms with Crippen molar-refractivity contribution in [2.75, 3.05) is 36.4 Å². The number of rotatable bonds is 4. The summed E-state index contributed by atoms with van der Waals surface area (Å²) in [6.07, 6.45) is 4.36. The van der Waals surface area contributed by atoms with Gasteiger partial charge in [0.25, 0.3) is 11.8 Å². The molecule has 1 N–H and O–H groups in total. The van der Waals surface area contributed by atoms with Crippen LogP contribution in [0.1, 0.15) is 25.7 Å². The fourth-order valence-corrected chi connectivity index (χ4v) is 4.06. The molecule has 29 heavy (non-hydrogen) atoms. The zero-order valence-corrected chi connectivity index (χ0v) is 16.9. The second-order valence-corrected chi connectivity index (χ2v) is 7.74. The number of carbonyl (C=O) groups excluding carboxylic acids is 2. The fraction of sp³-hybridized carbons (Fsp3) is 0.238. The van der Waals surface area contributed by atoms with Crippen LogP contribution < -0.4 is 10.2 Å². The van der Waals surface area contributed by atoms with Gasteiger partial charge in [0.15, 0.2) is 0 Å². The number of anilines is 2. The zero-order chi connectivity index (χ0) is 20.2. The van der Waals surface area contributed by atoms with Crippen LogP contribution >= 0.6 is 11.3 Å². The zero-order valence-electron chi connectivity index (χ0n) is 16.0. The van der Waals surface area contributed by atoms with E-state index >= 15 is 0 Å². The summed E-state index contributed by atoms with van der Waals surface area (Å²) in [5.74, 6) is -0.437. The first-order chi connectivity index (χ1) is 14.1. The maximum atomic E-state index is 13.0. The lowest BCUT2D eigenvalue weighted by Crippen LogP contribution is -2.48. The normalized spacial score (nSPS) is 14.0. The van der Waals surface area contributed by atoms with Gasteiger partial charge in [-0.25, -0.2) is 4.98 Å². The Morgan fingerprint density at radius 2 is 1.79 bits per heavy atom. The maximum absolute atomic E-state index is 13.0. The molecule has 0 radical (unpaired) electrons. The van der Waals surface area contributed by atoms with E-state index in [2.05, 4.69) is 51.4 Å². The molecule has 0 spiro atoms. The van der Waals surface area contributed by atoms with Crippen LogP contribution in [-0.4, -0.2) is 52.9 Å². The van der Waals surface area contributed by atoms with Gasteiger partial charge in [-0.1, -0.05) is 17.7 Å². The first kappa shape index (κ1) is 19.1. The van der Waals surface area contributed by atoms with Gasteiger partial charge in [-0.05, 0) is 30.5 Å². The average Bonchev–Trinajstić information content (AvgIpc) is 3.22. The highest BCUT2D eigenvalue weighted by Gasteiger charge is 2.25. The third kappa shape index (κ3) is 4.27. The second kappa shape index (κ2) is 8.40. The summed E-state index contributed by atoms with van der Waals surface area (Å²) in [4.78, 5) is 37.9. The van der Waals surface area contributed by atoms with E-state index in [4.69, 9.17) is 0 Å². The van der Waals surface area contributed by atoms with Crippen LogP contribution in [0.4, 0.5) is 11.4 Å². The molecule has 3 aromatic rings. The van der Waals surface area contributed by atoms with E-state index in [-0.39, 0.29) is 17.5 Å². The number of aromatic nitrogens is 2. The predicted molar refractivity (Wildman–Crippen MR) is 114 cm³/mol. The Bertz CT molecular complexity index is 995.